The van der Waals surface area contributed by atoms with E-state index >= 15 is 0 Å². The molecule has 2 heterocycles. The lowest BCUT2D eigenvalue weighted by Crippen LogP contribution is -2.48. The zero-order valence-corrected chi connectivity index (χ0v) is 16.1. The molecule has 0 unspecified atom stereocenters. The first-order valence-electron chi connectivity index (χ1n) is 7.34. The van der Waals surface area contributed by atoms with Crippen LogP contribution < -0.4 is 15.8 Å². The fourth-order valence-corrected chi connectivity index (χ4v) is 3.32. The molecular formula is C16H11BrCl2N4O3. The van der Waals surface area contributed by atoms with Crippen LogP contribution in [0.25, 0.3) is 0 Å². The maximum Gasteiger partial charge on any atom is 0.266 e. The molecule has 1 aromatic heterocycles. The van der Waals surface area contributed by atoms with Crippen LogP contribution in [0.3, 0.4) is 0 Å². The topological polar surface area (TPSA) is 91.4 Å². The molecule has 0 bridgehead atoms. The Morgan fingerprint density at radius 2 is 1.85 bits per heavy atom. The van der Waals surface area contributed by atoms with Crippen molar-refractivity contribution in [1.82, 2.24) is 15.8 Å². The normalized spacial score (nSPS) is 16.9. The lowest BCUT2D eigenvalue weighted by atomic mass is 10.2. The highest BCUT2D eigenvalue weighted by Crippen LogP contribution is 2.29. The summed E-state index contributed by atoms with van der Waals surface area (Å²) in [5, 5.41) is 0.611. The Hall–Kier alpha value is -2.00. The smallest absolute Gasteiger partial charge is 0.266 e. The zero-order chi connectivity index (χ0) is 18.8. The monoisotopic (exact) mass is 456 g/mol. The van der Waals surface area contributed by atoms with Crippen LogP contribution in [0.1, 0.15) is 16.8 Å². The molecule has 1 aliphatic rings. The third kappa shape index (κ3) is 4.04. The highest BCUT2D eigenvalue weighted by molar-refractivity contribution is 9.10. The van der Waals surface area contributed by atoms with Crippen molar-refractivity contribution in [1.29, 1.82) is 0 Å². The lowest BCUT2D eigenvalue weighted by molar-refractivity contribution is -0.121. The second kappa shape index (κ2) is 7.71. The van der Waals surface area contributed by atoms with Crippen molar-refractivity contribution in [2.75, 3.05) is 4.90 Å². The van der Waals surface area contributed by atoms with Gasteiger partial charge in [-0.2, -0.15) is 0 Å². The van der Waals surface area contributed by atoms with E-state index in [-0.39, 0.29) is 12.1 Å². The van der Waals surface area contributed by atoms with E-state index in [9.17, 15) is 14.4 Å². The van der Waals surface area contributed by atoms with Crippen LogP contribution in [0, 0.1) is 0 Å². The first kappa shape index (κ1) is 18.8. The van der Waals surface area contributed by atoms with Crippen LogP contribution in [0.5, 0.6) is 0 Å². The second-order valence-electron chi connectivity index (χ2n) is 5.44. The molecule has 2 N–H and O–H groups in total. The van der Waals surface area contributed by atoms with Gasteiger partial charge in [-0.1, -0.05) is 23.2 Å². The molecule has 26 heavy (non-hydrogen) atoms. The van der Waals surface area contributed by atoms with E-state index in [2.05, 4.69) is 31.8 Å². The number of pyridine rings is 1. The first-order chi connectivity index (χ1) is 12.3. The maximum atomic E-state index is 12.5. The molecule has 2 aromatic rings. The van der Waals surface area contributed by atoms with Crippen LogP contribution in [0.2, 0.25) is 10.0 Å². The summed E-state index contributed by atoms with van der Waals surface area (Å²) >= 11 is 15.1. The maximum absolute atomic E-state index is 12.5. The van der Waals surface area contributed by atoms with Crippen LogP contribution in [-0.2, 0) is 9.59 Å². The standard InChI is InChI=1S/C16H11BrCl2N4O3/c17-9-1-8(6-20-7-9)15(25)22-21-13-5-14(24)23(16(13)26)12-3-10(18)2-11(19)4-12/h1-4,6-7,13,21H,5H2,(H,22,25)/t13-/m1/s1. The number of rotatable bonds is 4. The molecule has 1 aliphatic heterocycles. The van der Waals surface area contributed by atoms with Gasteiger partial charge in [0.2, 0.25) is 5.91 Å². The number of imide groups is 1. The van der Waals surface area contributed by atoms with Gasteiger partial charge in [0.05, 0.1) is 17.7 Å². The number of halogens is 3. The number of benzene rings is 1. The number of nitrogens with one attached hydrogen (secondary N) is 2. The van der Waals surface area contributed by atoms with E-state index in [4.69, 9.17) is 23.2 Å². The van der Waals surface area contributed by atoms with E-state index in [1.54, 1.807) is 6.07 Å². The Morgan fingerprint density at radius 1 is 1.15 bits per heavy atom. The van der Waals surface area contributed by atoms with Crippen molar-refractivity contribution in [3.63, 3.8) is 0 Å². The van der Waals surface area contributed by atoms with Gasteiger partial charge in [-0.3, -0.25) is 24.8 Å². The van der Waals surface area contributed by atoms with Crippen molar-refractivity contribution in [2.45, 2.75) is 12.5 Å². The van der Waals surface area contributed by atoms with E-state index in [0.29, 0.717) is 20.1 Å². The average Bonchev–Trinajstić information content (AvgIpc) is 2.85. The van der Waals surface area contributed by atoms with Gasteiger partial charge in [0.1, 0.15) is 6.04 Å². The Balaban J connectivity index is 1.70. The van der Waals surface area contributed by atoms with Crippen LogP contribution in [0.15, 0.2) is 41.1 Å². The molecule has 7 nitrogen and oxygen atoms in total. The number of nitrogens with zero attached hydrogens (tertiary/aromatic N) is 2. The van der Waals surface area contributed by atoms with Gasteiger partial charge < -0.3 is 0 Å². The van der Waals surface area contributed by atoms with Crippen molar-refractivity contribution in [2.24, 2.45) is 0 Å². The molecule has 10 heteroatoms. The molecule has 1 saturated heterocycles. The van der Waals surface area contributed by atoms with Crippen LogP contribution in [-0.4, -0.2) is 28.7 Å². The number of carbonyl (C=O) groups excluding carboxylic acids is 3. The molecule has 3 rings (SSSR count). The minimum absolute atomic E-state index is 0.111. The zero-order valence-electron chi connectivity index (χ0n) is 13.0. The minimum Gasteiger partial charge on any atom is -0.287 e. The summed E-state index contributed by atoms with van der Waals surface area (Å²) in [6, 6.07) is 5.12. The number of carbonyl (C=O) groups is 3. The number of hydrogen-bond acceptors (Lipinski definition) is 5. The van der Waals surface area contributed by atoms with Gasteiger partial charge in [-0.15, -0.1) is 0 Å². The van der Waals surface area contributed by atoms with Crippen molar-refractivity contribution >= 4 is 62.5 Å². The Morgan fingerprint density at radius 3 is 2.50 bits per heavy atom. The summed E-state index contributed by atoms with van der Waals surface area (Å²) in [6.45, 7) is 0. The third-order valence-corrected chi connectivity index (χ3v) is 4.45. The molecule has 0 aliphatic carbocycles. The van der Waals surface area contributed by atoms with Gasteiger partial charge >= 0.3 is 0 Å². The number of hydrogen-bond donors (Lipinski definition) is 2. The summed E-state index contributed by atoms with van der Waals surface area (Å²) in [4.78, 5) is 41.7. The van der Waals surface area contributed by atoms with Gasteiger partial charge in [0.25, 0.3) is 11.8 Å². The molecule has 1 atom stereocenters. The van der Waals surface area contributed by atoms with Crippen molar-refractivity contribution < 1.29 is 14.4 Å². The summed E-state index contributed by atoms with van der Waals surface area (Å²) in [5.41, 5.74) is 5.58. The van der Waals surface area contributed by atoms with E-state index in [1.807, 2.05) is 0 Å². The SMILES string of the molecule is O=C(NN[C@@H]1CC(=O)N(c2cc(Cl)cc(Cl)c2)C1=O)c1cncc(Br)c1. The van der Waals surface area contributed by atoms with E-state index in [1.165, 1.54) is 30.6 Å². The predicted molar refractivity (Wildman–Crippen MR) is 99.9 cm³/mol. The van der Waals surface area contributed by atoms with Crippen molar-refractivity contribution in [3.8, 4) is 0 Å². The van der Waals surface area contributed by atoms with Crippen molar-refractivity contribution in [3.05, 3.63) is 56.7 Å². The van der Waals surface area contributed by atoms with Gasteiger partial charge in [0.15, 0.2) is 0 Å². The summed E-state index contributed by atoms with van der Waals surface area (Å²) in [5.74, 6) is -1.42. The number of hydrazine groups is 1. The number of aromatic nitrogens is 1. The Labute approximate surface area is 166 Å². The van der Waals surface area contributed by atoms with Gasteiger partial charge in [-0.25, -0.2) is 10.3 Å². The molecule has 1 fully saturated rings. The molecule has 3 amide bonds. The highest BCUT2D eigenvalue weighted by atomic mass is 79.9. The number of anilines is 1. The largest absolute Gasteiger partial charge is 0.287 e. The van der Waals surface area contributed by atoms with Crippen LogP contribution in [0.4, 0.5) is 5.69 Å². The molecule has 1 aromatic carbocycles. The molecule has 0 saturated carbocycles. The summed E-state index contributed by atoms with van der Waals surface area (Å²) in [6.07, 6.45) is 2.81. The Bertz CT molecular complexity index is 889. The fraction of sp³-hybridized carbons (Fsp3) is 0.125. The average molecular weight is 458 g/mol. The second-order valence-corrected chi connectivity index (χ2v) is 7.23. The van der Waals surface area contributed by atoms with Gasteiger partial charge in [0, 0.05) is 26.9 Å². The fourth-order valence-electron chi connectivity index (χ4n) is 2.45. The summed E-state index contributed by atoms with van der Waals surface area (Å²) < 4.78 is 0.640. The third-order valence-electron chi connectivity index (χ3n) is 3.58. The van der Waals surface area contributed by atoms with E-state index in [0.717, 1.165) is 4.90 Å². The lowest BCUT2D eigenvalue weighted by Gasteiger charge is -2.16. The first-order valence-corrected chi connectivity index (χ1v) is 8.89. The Kier molecular flexibility index (Phi) is 5.57. The van der Waals surface area contributed by atoms with Crippen LogP contribution >= 0.6 is 39.1 Å². The predicted octanol–water partition coefficient (Wildman–Crippen LogP) is 2.72. The molecule has 134 valence electrons. The minimum atomic E-state index is -0.899. The quantitative estimate of drug-likeness (QED) is 0.544. The molecular weight excluding hydrogens is 447 g/mol. The highest BCUT2D eigenvalue weighted by Gasteiger charge is 2.40. The van der Waals surface area contributed by atoms with Gasteiger partial charge in [-0.05, 0) is 40.2 Å². The van der Waals surface area contributed by atoms with E-state index < -0.39 is 23.8 Å². The molecule has 0 spiro atoms. The number of amides is 3. The summed E-state index contributed by atoms with van der Waals surface area (Å²) in [7, 11) is 0. The molecule has 0 radical (unpaired) electrons.